The number of hydrogen-bond acceptors (Lipinski definition) is 2. The standard InChI is InChI=1S/C15H15Cl3N2O/c16-10-7-12(18)13(8-11(10)17)20-14(21)15(9-19)5-3-1-2-4-6-15/h7-8H,1-6H2,(H,20,21). The zero-order valence-electron chi connectivity index (χ0n) is 11.4. The maximum Gasteiger partial charge on any atom is 0.244 e. The second-order valence-electron chi connectivity index (χ2n) is 5.31. The number of benzene rings is 1. The Morgan fingerprint density at radius 1 is 1.05 bits per heavy atom. The maximum atomic E-state index is 12.6. The summed E-state index contributed by atoms with van der Waals surface area (Å²) in [6.07, 6.45) is 5.04. The van der Waals surface area contributed by atoms with E-state index >= 15 is 0 Å². The van der Waals surface area contributed by atoms with Gasteiger partial charge in [-0.1, -0.05) is 60.5 Å². The number of nitriles is 1. The molecule has 1 aliphatic carbocycles. The molecule has 0 aliphatic heterocycles. The fourth-order valence-electron chi connectivity index (χ4n) is 2.58. The van der Waals surface area contributed by atoms with Gasteiger partial charge in [-0.2, -0.15) is 5.26 Å². The highest BCUT2D eigenvalue weighted by Crippen LogP contribution is 2.37. The minimum Gasteiger partial charge on any atom is -0.323 e. The van der Waals surface area contributed by atoms with Crippen molar-refractivity contribution in [3.8, 4) is 6.07 Å². The van der Waals surface area contributed by atoms with Gasteiger partial charge in [-0.15, -0.1) is 0 Å². The van der Waals surface area contributed by atoms with Crippen LogP contribution in [0.1, 0.15) is 38.5 Å². The number of carbonyl (C=O) groups is 1. The first kappa shape index (κ1) is 16.4. The molecule has 6 heteroatoms. The number of amides is 1. The molecular formula is C15H15Cl3N2O. The summed E-state index contributed by atoms with van der Waals surface area (Å²) in [5.41, 5.74) is -0.596. The van der Waals surface area contributed by atoms with Crippen molar-refractivity contribution >= 4 is 46.4 Å². The van der Waals surface area contributed by atoms with Crippen LogP contribution in [0.25, 0.3) is 0 Å². The maximum absolute atomic E-state index is 12.6. The first-order chi connectivity index (χ1) is 9.98. The van der Waals surface area contributed by atoms with Crippen LogP contribution in [-0.2, 0) is 4.79 Å². The SMILES string of the molecule is N#CC1(C(=O)Nc2cc(Cl)c(Cl)cc2Cl)CCCCCC1. The molecule has 1 N–H and O–H groups in total. The number of halogens is 3. The molecular weight excluding hydrogens is 331 g/mol. The van der Waals surface area contributed by atoms with Gasteiger partial charge in [0.25, 0.3) is 0 Å². The van der Waals surface area contributed by atoms with Crippen LogP contribution in [0.15, 0.2) is 12.1 Å². The van der Waals surface area contributed by atoms with Gasteiger partial charge in [-0.3, -0.25) is 4.79 Å². The zero-order valence-corrected chi connectivity index (χ0v) is 13.7. The monoisotopic (exact) mass is 344 g/mol. The lowest BCUT2D eigenvalue weighted by Crippen LogP contribution is -2.34. The van der Waals surface area contributed by atoms with Crippen LogP contribution in [0.2, 0.25) is 15.1 Å². The lowest BCUT2D eigenvalue weighted by atomic mass is 9.81. The Morgan fingerprint density at radius 3 is 2.19 bits per heavy atom. The van der Waals surface area contributed by atoms with Crippen molar-refractivity contribution in [1.82, 2.24) is 0 Å². The predicted molar refractivity (Wildman–Crippen MR) is 85.8 cm³/mol. The Balaban J connectivity index is 2.24. The van der Waals surface area contributed by atoms with Gasteiger partial charge in [0, 0.05) is 0 Å². The summed E-state index contributed by atoms with van der Waals surface area (Å²) in [7, 11) is 0. The first-order valence-electron chi connectivity index (χ1n) is 6.86. The van der Waals surface area contributed by atoms with Crippen molar-refractivity contribution in [2.24, 2.45) is 5.41 Å². The van der Waals surface area contributed by atoms with Crippen LogP contribution < -0.4 is 5.32 Å². The van der Waals surface area contributed by atoms with Crippen molar-refractivity contribution in [1.29, 1.82) is 5.26 Å². The van der Waals surface area contributed by atoms with E-state index in [1.54, 1.807) is 0 Å². The normalized spacial score (nSPS) is 17.6. The van der Waals surface area contributed by atoms with Gasteiger partial charge < -0.3 is 5.32 Å². The minimum absolute atomic E-state index is 0.305. The summed E-state index contributed by atoms with van der Waals surface area (Å²) in [5, 5.41) is 13.2. The molecule has 0 aromatic heterocycles. The highest BCUT2D eigenvalue weighted by molar-refractivity contribution is 6.44. The van der Waals surface area contributed by atoms with E-state index < -0.39 is 5.41 Å². The van der Waals surface area contributed by atoms with Crippen molar-refractivity contribution in [3.05, 3.63) is 27.2 Å². The van der Waals surface area contributed by atoms with Gasteiger partial charge in [-0.25, -0.2) is 0 Å². The highest BCUT2D eigenvalue weighted by atomic mass is 35.5. The summed E-state index contributed by atoms with van der Waals surface area (Å²) in [6.45, 7) is 0. The van der Waals surface area contributed by atoms with Crippen LogP contribution in [0.4, 0.5) is 5.69 Å². The Labute approximate surface area is 139 Å². The summed E-state index contributed by atoms with van der Waals surface area (Å²) in [4.78, 5) is 12.6. The molecule has 0 saturated heterocycles. The molecule has 21 heavy (non-hydrogen) atoms. The third-order valence-corrected chi connectivity index (χ3v) is 4.90. The van der Waals surface area contributed by atoms with Gasteiger partial charge >= 0.3 is 0 Å². The van der Waals surface area contributed by atoms with E-state index in [4.69, 9.17) is 34.8 Å². The Kier molecular flexibility index (Phi) is 5.37. The van der Waals surface area contributed by atoms with E-state index in [1.807, 2.05) is 0 Å². The van der Waals surface area contributed by atoms with Crippen LogP contribution in [0.3, 0.4) is 0 Å². The first-order valence-corrected chi connectivity index (χ1v) is 7.99. The zero-order chi connectivity index (χ0) is 15.5. The van der Waals surface area contributed by atoms with E-state index in [9.17, 15) is 10.1 Å². The smallest absolute Gasteiger partial charge is 0.244 e. The molecule has 1 aromatic rings. The summed E-state index contributed by atoms with van der Waals surface area (Å²) in [5.74, 6) is -0.313. The number of nitrogens with zero attached hydrogens (tertiary/aromatic N) is 1. The molecule has 3 nitrogen and oxygen atoms in total. The molecule has 0 unspecified atom stereocenters. The van der Waals surface area contributed by atoms with Gasteiger partial charge in [-0.05, 0) is 25.0 Å². The molecule has 0 radical (unpaired) electrons. The third kappa shape index (κ3) is 3.63. The number of rotatable bonds is 2. The lowest BCUT2D eigenvalue weighted by Gasteiger charge is -2.24. The molecule has 1 fully saturated rings. The molecule has 1 amide bonds. The number of anilines is 1. The molecule has 0 spiro atoms. The molecule has 1 aromatic carbocycles. The van der Waals surface area contributed by atoms with Gasteiger partial charge in [0.05, 0.1) is 26.8 Å². The van der Waals surface area contributed by atoms with Gasteiger partial charge in [0.2, 0.25) is 5.91 Å². The van der Waals surface area contributed by atoms with Crippen molar-refractivity contribution < 1.29 is 4.79 Å². The molecule has 0 heterocycles. The Morgan fingerprint density at radius 2 is 1.62 bits per heavy atom. The largest absolute Gasteiger partial charge is 0.323 e. The molecule has 1 aliphatic rings. The van der Waals surface area contributed by atoms with Gasteiger partial charge in [0.15, 0.2) is 0 Å². The summed E-state index contributed by atoms with van der Waals surface area (Å²) < 4.78 is 0. The molecule has 0 bridgehead atoms. The van der Waals surface area contributed by atoms with E-state index in [0.717, 1.165) is 25.7 Å². The number of hydrogen-bond donors (Lipinski definition) is 1. The van der Waals surface area contributed by atoms with Crippen molar-refractivity contribution in [2.75, 3.05) is 5.32 Å². The van der Waals surface area contributed by atoms with E-state index in [0.29, 0.717) is 33.6 Å². The Hall–Kier alpha value is -0.950. The fourth-order valence-corrected chi connectivity index (χ4v) is 3.18. The van der Waals surface area contributed by atoms with Crippen LogP contribution in [-0.4, -0.2) is 5.91 Å². The average molecular weight is 346 g/mol. The lowest BCUT2D eigenvalue weighted by molar-refractivity contribution is -0.123. The number of carbonyl (C=O) groups excluding carboxylic acids is 1. The van der Waals surface area contributed by atoms with E-state index in [-0.39, 0.29) is 5.91 Å². The number of nitrogens with one attached hydrogen (secondary N) is 1. The van der Waals surface area contributed by atoms with Crippen LogP contribution in [0.5, 0.6) is 0 Å². The van der Waals surface area contributed by atoms with Crippen LogP contribution >= 0.6 is 34.8 Å². The highest BCUT2D eigenvalue weighted by Gasteiger charge is 2.39. The van der Waals surface area contributed by atoms with Gasteiger partial charge in [0.1, 0.15) is 5.41 Å². The predicted octanol–water partition coefficient (Wildman–Crippen LogP) is 5.45. The minimum atomic E-state index is -0.980. The average Bonchev–Trinajstić information content (AvgIpc) is 2.71. The topological polar surface area (TPSA) is 52.9 Å². The molecule has 0 atom stereocenters. The fraction of sp³-hybridized carbons (Fsp3) is 0.467. The Bertz CT molecular complexity index is 587. The van der Waals surface area contributed by atoms with Crippen molar-refractivity contribution in [3.63, 3.8) is 0 Å². The van der Waals surface area contributed by atoms with E-state index in [2.05, 4.69) is 11.4 Å². The quantitative estimate of drug-likeness (QED) is 0.572. The van der Waals surface area contributed by atoms with Crippen molar-refractivity contribution in [2.45, 2.75) is 38.5 Å². The van der Waals surface area contributed by atoms with E-state index in [1.165, 1.54) is 12.1 Å². The molecule has 1 saturated carbocycles. The van der Waals surface area contributed by atoms with Crippen LogP contribution in [0, 0.1) is 16.7 Å². The molecule has 112 valence electrons. The summed E-state index contributed by atoms with van der Waals surface area (Å²) >= 11 is 17.9. The second kappa shape index (κ2) is 6.87. The molecule has 2 rings (SSSR count). The second-order valence-corrected chi connectivity index (χ2v) is 6.53. The summed E-state index contributed by atoms with van der Waals surface area (Å²) in [6, 6.07) is 5.19. The third-order valence-electron chi connectivity index (χ3n) is 3.86.